The van der Waals surface area contributed by atoms with E-state index in [1.54, 1.807) is 0 Å². The van der Waals surface area contributed by atoms with Crippen molar-refractivity contribution in [1.29, 1.82) is 0 Å². The monoisotopic (exact) mass is 994 g/mol. The standard InChI is InChI=1S/C59H111NO10/c1-3-5-7-9-11-13-15-17-19-21-23-25-27-29-31-33-35-37-39-41-43-45-47-52(63)58(68)60-50(49-69-59-57(67)56(66)55(65)53(48-61)70-59)54(64)51(62)46-44-42-40-38-36-34-32-30-28-26-24-22-20-18-16-14-12-10-8-6-4-2/h29-32,38,40,50-57,59,61-67H,3-28,33-37,39,41-49H2,1-2H3,(H,60,68)/b31-29-,32-30+,40-38+. The molecule has 0 bridgehead atoms. The molecule has 9 atom stereocenters. The summed E-state index contributed by atoms with van der Waals surface area (Å²) in [5, 5.41) is 76.1. The minimum absolute atomic E-state index is 0.244. The average molecular weight is 995 g/mol. The van der Waals surface area contributed by atoms with Crippen LogP contribution >= 0.6 is 0 Å². The summed E-state index contributed by atoms with van der Waals surface area (Å²) in [4.78, 5) is 13.2. The highest BCUT2D eigenvalue weighted by Gasteiger charge is 2.44. The van der Waals surface area contributed by atoms with E-state index in [0.717, 1.165) is 57.8 Å². The van der Waals surface area contributed by atoms with Gasteiger partial charge in [0.2, 0.25) is 5.91 Å². The number of carbonyl (C=O) groups is 1. The van der Waals surface area contributed by atoms with Crippen LogP contribution in [-0.2, 0) is 14.3 Å². The van der Waals surface area contributed by atoms with Crippen molar-refractivity contribution in [2.75, 3.05) is 13.2 Å². The first-order valence-corrected chi connectivity index (χ1v) is 29.4. The van der Waals surface area contributed by atoms with E-state index in [0.29, 0.717) is 19.3 Å². The smallest absolute Gasteiger partial charge is 0.249 e. The van der Waals surface area contributed by atoms with Crippen LogP contribution in [0.15, 0.2) is 36.5 Å². The van der Waals surface area contributed by atoms with Crippen LogP contribution in [0.25, 0.3) is 0 Å². The highest BCUT2D eigenvalue weighted by Crippen LogP contribution is 2.23. The van der Waals surface area contributed by atoms with Crippen LogP contribution in [0.2, 0.25) is 0 Å². The van der Waals surface area contributed by atoms with Gasteiger partial charge in [0, 0.05) is 0 Å². The van der Waals surface area contributed by atoms with E-state index in [9.17, 15) is 40.5 Å². The second kappa shape index (κ2) is 48.3. The summed E-state index contributed by atoms with van der Waals surface area (Å²) in [5.74, 6) is -0.713. The third-order valence-electron chi connectivity index (χ3n) is 14.1. The van der Waals surface area contributed by atoms with E-state index in [-0.39, 0.29) is 12.8 Å². The molecule has 0 aromatic rings. The number of aliphatic hydroxyl groups excluding tert-OH is 7. The molecule has 0 spiro atoms. The number of carbonyl (C=O) groups excluding carboxylic acids is 1. The lowest BCUT2D eigenvalue weighted by Crippen LogP contribution is -2.60. The van der Waals surface area contributed by atoms with Crippen molar-refractivity contribution in [3.05, 3.63) is 36.5 Å². The molecule has 11 nitrogen and oxygen atoms in total. The molecule has 1 amide bonds. The zero-order chi connectivity index (χ0) is 51.1. The lowest BCUT2D eigenvalue weighted by atomic mass is 9.98. The SMILES string of the molecule is CCCCCCCCCCCCCC/C=C\CCCCCCCCC(O)C(=O)NC(COC1OC(CO)C(O)C(O)C1O)C(O)C(O)CCC/C=C/CC/C=C/CCCCCCCCCCCCCC. The lowest BCUT2D eigenvalue weighted by Gasteiger charge is -2.40. The first kappa shape index (κ1) is 66.3. The molecule has 0 saturated carbocycles. The van der Waals surface area contributed by atoms with E-state index in [1.165, 1.54) is 161 Å². The lowest BCUT2D eigenvalue weighted by molar-refractivity contribution is -0.303. The topological polar surface area (TPSA) is 189 Å². The van der Waals surface area contributed by atoms with Gasteiger partial charge in [-0.1, -0.05) is 224 Å². The summed E-state index contributed by atoms with van der Waals surface area (Å²) in [6, 6.07) is -1.19. The minimum Gasteiger partial charge on any atom is -0.394 e. The third kappa shape index (κ3) is 36.3. The molecule has 0 aromatic heterocycles. The van der Waals surface area contributed by atoms with Gasteiger partial charge >= 0.3 is 0 Å². The van der Waals surface area contributed by atoms with Crippen molar-refractivity contribution in [3.63, 3.8) is 0 Å². The fourth-order valence-electron chi connectivity index (χ4n) is 9.34. The van der Waals surface area contributed by atoms with Gasteiger partial charge in [-0.2, -0.15) is 0 Å². The van der Waals surface area contributed by atoms with Gasteiger partial charge in [-0.15, -0.1) is 0 Å². The molecular weight excluding hydrogens is 883 g/mol. The Morgan fingerprint density at radius 1 is 0.486 bits per heavy atom. The molecule has 1 aliphatic heterocycles. The number of rotatable bonds is 50. The van der Waals surface area contributed by atoms with Crippen molar-refractivity contribution in [2.45, 2.75) is 319 Å². The van der Waals surface area contributed by atoms with Crippen molar-refractivity contribution in [2.24, 2.45) is 0 Å². The minimum atomic E-state index is -1.67. The molecule has 70 heavy (non-hydrogen) atoms. The highest BCUT2D eigenvalue weighted by molar-refractivity contribution is 5.80. The summed E-state index contributed by atoms with van der Waals surface area (Å²) in [7, 11) is 0. The third-order valence-corrected chi connectivity index (χ3v) is 14.1. The zero-order valence-electron chi connectivity index (χ0n) is 45.0. The molecule has 1 heterocycles. The molecule has 0 radical (unpaired) electrons. The summed E-state index contributed by atoms with van der Waals surface area (Å²) < 4.78 is 11.1. The fraction of sp³-hybridized carbons (Fsp3) is 0.881. The Labute approximate surface area is 428 Å². The molecule has 9 unspecified atom stereocenters. The predicted molar refractivity (Wildman–Crippen MR) is 289 cm³/mol. The van der Waals surface area contributed by atoms with E-state index in [2.05, 4.69) is 55.6 Å². The number of aliphatic hydroxyl groups is 7. The van der Waals surface area contributed by atoms with E-state index < -0.39 is 74.2 Å². The second-order valence-corrected chi connectivity index (χ2v) is 20.7. The molecule has 11 heteroatoms. The summed E-state index contributed by atoms with van der Waals surface area (Å²) in [5.41, 5.74) is 0. The van der Waals surface area contributed by atoms with Gasteiger partial charge in [0.25, 0.3) is 0 Å². The molecular formula is C59H111NO10. The van der Waals surface area contributed by atoms with Crippen molar-refractivity contribution >= 4 is 5.91 Å². The molecule has 1 saturated heterocycles. The zero-order valence-corrected chi connectivity index (χ0v) is 45.0. The number of ether oxygens (including phenoxy) is 2. The largest absolute Gasteiger partial charge is 0.394 e. The Morgan fingerprint density at radius 2 is 0.857 bits per heavy atom. The number of nitrogens with one attached hydrogen (secondary N) is 1. The molecule has 1 rings (SSSR count). The van der Waals surface area contributed by atoms with E-state index >= 15 is 0 Å². The maximum absolute atomic E-state index is 13.2. The number of hydrogen-bond acceptors (Lipinski definition) is 10. The van der Waals surface area contributed by atoms with Crippen molar-refractivity contribution in [1.82, 2.24) is 5.32 Å². The quantitative estimate of drug-likeness (QED) is 0.0215. The predicted octanol–water partition coefficient (Wildman–Crippen LogP) is 12.3. The van der Waals surface area contributed by atoms with Crippen LogP contribution in [0.3, 0.4) is 0 Å². The number of allylic oxidation sites excluding steroid dienone is 6. The molecule has 1 aliphatic rings. The molecule has 8 N–H and O–H groups in total. The molecule has 1 fully saturated rings. The van der Waals surface area contributed by atoms with Crippen LogP contribution in [0.5, 0.6) is 0 Å². The van der Waals surface area contributed by atoms with Gasteiger partial charge in [0.1, 0.15) is 36.6 Å². The Hall–Kier alpha value is -1.67. The molecule has 0 aromatic carbocycles. The Bertz CT molecular complexity index is 1230. The van der Waals surface area contributed by atoms with E-state index in [1.807, 2.05) is 0 Å². The normalized spacial score (nSPS) is 20.5. The van der Waals surface area contributed by atoms with Gasteiger partial charge in [-0.25, -0.2) is 0 Å². The van der Waals surface area contributed by atoms with Gasteiger partial charge in [-0.3, -0.25) is 4.79 Å². The fourth-order valence-corrected chi connectivity index (χ4v) is 9.34. The van der Waals surface area contributed by atoms with Gasteiger partial charge in [0.05, 0.1) is 25.4 Å². The summed E-state index contributed by atoms with van der Waals surface area (Å²) in [6.45, 7) is 3.46. The van der Waals surface area contributed by atoms with Crippen molar-refractivity contribution in [3.8, 4) is 0 Å². The summed E-state index contributed by atoms with van der Waals surface area (Å²) >= 11 is 0. The maximum atomic E-state index is 13.2. The van der Waals surface area contributed by atoms with Gasteiger partial charge < -0.3 is 50.5 Å². The first-order chi connectivity index (χ1) is 34.2. The Morgan fingerprint density at radius 3 is 1.27 bits per heavy atom. The number of unbranched alkanes of at least 4 members (excludes halogenated alkanes) is 32. The molecule has 412 valence electrons. The number of amides is 1. The van der Waals surface area contributed by atoms with Crippen molar-refractivity contribution < 1.29 is 50.0 Å². The van der Waals surface area contributed by atoms with Gasteiger partial charge in [0.15, 0.2) is 6.29 Å². The van der Waals surface area contributed by atoms with Gasteiger partial charge in [-0.05, 0) is 77.0 Å². The number of hydrogen-bond donors (Lipinski definition) is 8. The molecule has 0 aliphatic carbocycles. The first-order valence-electron chi connectivity index (χ1n) is 29.4. The Kier molecular flexibility index (Phi) is 45.8. The second-order valence-electron chi connectivity index (χ2n) is 20.7. The highest BCUT2D eigenvalue weighted by atomic mass is 16.7. The van der Waals surface area contributed by atoms with Crippen LogP contribution < -0.4 is 5.32 Å². The summed E-state index contributed by atoms with van der Waals surface area (Å²) in [6.07, 6.45) is 47.7. The van der Waals surface area contributed by atoms with E-state index in [4.69, 9.17) is 9.47 Å². The Balaban J connectivity index is 2.35. The van der Waals surface area contributed by atoms with Crippen LogP contribution in [0.1, 0.15) is 264 Å². The van der Waals surface area contributed by atoms with Crippen LogP contribution in [0, 0.1) is 0 Å². The van der Waals surface area contributed by atoms with Crippen LogP contribution in [0.4, 0.5) is 0 Å². The maximum Gasteiger partial charge on any atom is 0.249 e. The van der Waals surface area contributed by atoms with Crippen LogP contribution in [-0.4, -0.2) is 110 Å². The average Bonchev–Trinajstić information content (AvgIpc) is 3.36.